The second-order valence-electron chi connectivity index (χ2n) is 7.92. The molecule has 8 heteroatoms. The molecule has 0 radical (unpaired) electrons. The first-order valence-corrected chi connectivity index (χ1v) is 10.5. The van der Waals surface area contributed by atoms with Gasteiger partial charge in [0.25, 0.3) is 0 Å². The number of hydrogen-bond acceptors (Lipinski definition) is 6. The van der Waals surface area contributed by atoms with Gasteiger partial charge in [-0.1, -0.05) is 0 Å². The zero-order valence-electron chi connectivity index (χ0n) is 16.8. The zero-order chi connectivity index (χ0) is 20.8. The maximum absolute atomic E-state index is 9.77. The first kappa shape index (κ1) is 17.9. The summed E-state index contributed by atoms with van der Waals surface area (Å²) in [5.41, 5.74) is 6.75. The van der Waals surface area contributed by atoms with Gasteiger partial charge in [0.15, 0.2) is 0 Å². The van der Waals surface area contributed by atoms with Crippen LogP contribution in [0.1, 0.15) is 19.3 Å². The summed E-state index contributed by atoms with van der Waals surface area (Å²) in [6, 6.07) is 9.70. The third-order valence-corrected chi connectivity index (χ3v) is 5.89. The Morgan fingerprint density at radius 3 is 2.77 bits per heavy atom. The number of piperidine rings is 1. The molecule has 0 atom stereocenters. The van der Waals surface area contributed by atoms with E-state index in [0.717, 1.165) is 57.8 Å². The first-order chi connectivity index (χ1) is 15.3. The molecule has 5 aromatic heterocycles. The van der Waals surface area contributed by atoms with Crippen LogP contribution in [-0.2, 0) is 0 Å². The number of H-pyrrole nitrogens is 2. The van der Waals surface area contributed by atoms with Crippen molar-refractivity contribution in [2.24, 2.45) is 0 Å². The molecule has 8 nitrogen and oxygen atoms in total. The van der Waals surface area contributed by atoms with Gasteiger partial charge in [0.2, 0.25) is 0 Å². The molecule has 31 heavy (non-hydrogen) atoms. The summed E-state index contributed by atoms with van der Waals surface area (Å²) in [6.45, 7) is 2.15. The summed E-state index contributed by atoms with van der Waals surface area (Å²) in [7, 11) is 0. The molecule has 3 N–H and O–H groups in total. The van der Waals surface area contributed by atoms with Gasteiger partial charge < -0.3 is 15.0 Å². The largest absolute Gasteiger partial charge is 0.506 e. The summed E-state index contributed by atoms with van der Waals surface area (Å²) < 4.78 is 0. The zero-order valence-corrected chi connectivity index (χ0v) is 16.8. The van der Waals surface area contributed by atoms with Gasteiger partial charge in [-0.05, 0) is 49.6 Å². The number of nitrogens with zero attached hydrogens (tertiary/aromatic N) is 5. The molecule has 6 heterocycles. The lowest BCUT2D eigenvalue weighted by molar-refractivity contribution is 0.473. The summed E-state index contributed by atoms with van der Waals surface area (Å²) >= 11 is 0. The van der Waals surface area contributed by atoms with Crippen LogP contribution in [0.4, 0.5) is 5.69 Å². The van der Waals surface area contributed by atoms with E-state index in [1.807, 2.05) is 18.3 Å². The van der Waals surface area contributed by atoms with Crippen molar-refractivity contribution in [1.29, 1.82) is 0 Å². The molecule has 1 saturated heterocycles. The van der Waals surface area contributed by atoms with Crippen LogP contribution in [-0.4, -0.2) is 48.3 Å². The van der Waals surface area contributed by atoms with Crippen molar-refractivity contribution in [1.82, 2.24) is 30.1 Å². The van der Waals surface area contributed by atoms with Crippen LogP contribution in [0.5, 0.6) is 5.75 Å². The lowest BCUT2D eigenvalue weighted by atomic mass is 10.1. The molecule has 0 saturated carbocycles. The predicted octanol–water partition coefficient (Wildman–Crippen LogP) is 4.26. The number of aromatic amines is 2. The minimum Gasteiger partial charge on any atom is -0.506 e. The SMILES string of the molecule is Oc1cncc(-c2ccc3[nH]nc(-c4cc5c(N6CCCCC6)ccnc5[nH]4)c3n2)c1. The highest BCUT2D eigenvalue weighted by molar-refractivity contribution is 5.97. The molecular formula is C23H21N7O. The topological polar surface area (TPSA) is 107 Å². The van der Waals surface area contributed by atoms with Crippen molar-refractivity contribution in [3.05, 3.63) is 48.9 Å². The Hall–Kier alpha value is -3.94. The highest BCUT2D eigenvalue weighted by atomic mass is 16.3. The van der Waals surface area contributed by atoms with E-state index in [0.29, 0.717) is 0 Å². The van der Waals surface area contributed by atoms with E-state index >= 15 is 0 Å². The molecule has 1 aliphatic rings. The summed E-state index contributed by atoms with van der Waals surface area (Å²) in [4.78, 5) is 19.3. The fourth-order valence-corrected chi connectivity index (χ4v) is 4.37. The second-order valence-corrected chi connectivity index (χ2v) is 7.92. The third kappa shape index (κ3) is 3.07. The molecule has 5 aromatic rings. The van der Waals surface area contributed by atoms with E-state index < -0.39 is 0 Å². The van der Waals surface area contributed by atoms with E-state index in [1.54, 1.807) is 12.3 Å². The molecule has 0 bridgehead atoms. The van der Waals surface area contributed by atoms with Gasteiger partial charge in [-0.2, -0.15) is 5.10 Å². The Kier molecular flexibility index (Phi) is 4.09. The van der Waals surface area contributed by atoms with Crippen LogP contribution in [0.3, 0.4) is 0 Å². The van der Waals surface area contributed by atoms with Crippen LogP contribution in [0, 0.1) is 0 Å². The van der Waals surface area contributed by atoms with Gasteiger partial charge in [0.05, 0.1) is 23.1 Å². The fourth-order valence-electron chi connectivity index (χ4n) is 4.37. The Bertz CT molecular complexity index is 1400. The maximum atomic E-state index is 9.77. The van der Waals surface area contributed by atoms with Crippen LogP contribution >= 0.6 is 0 Å². The van der Waals surface area contributed by atoms with Gasteiger partial charge in [-0.25, -0.2) is 9.97 Å². The van der Waals surface area contributed by atoms with E-state index in [1.165, 1.54) is 31.1 Å². The number of fused-ring (bicyclic) bond motifs is 2. The Balaban J connectivity index is 1.46. The normalized spacial score (nSPS) is 14.5. The molecule has 154 valence electrons. The number of nitrogens with one attached hydrogen (secondary N) is 2. The van der Waals surface area contributed by atoms with E-state index in [4.69, 9.17) is 4.98 Å². The Labute approximate surface area is 178 Å². The van der Waals surface area contributed by atoms with Crippen LogP contribution in [0.2, 0.25) is 0 Å². The highest BCUT2D eigenvalue weighted by Gasteiger charge is 2.18. The number of anilines is 1. The molecule has 0 amide bonds. The fraction of sp³-hybridized carbons (Fsp3) is 0.217. The van der Waals surface area contributed by atoms with E-state index in [2.05, 4.69) is 42.2 Å². The summed E-state index contributed by atoms with van der Waals surface area (Å²) in [6.07, 6.45) is 8.70. The predicted molar refractivity (Wildman–Crippen MR) is 120 cm³/mol. The van der Waals surface area contributed by atoms with Crippen molar-refractivity contribution in [2.45, 2.75) is 19.3 Å². The first-order valence-electron chi connectivity index (χ1n) is 10.5. The van der Waals surface area contributed by atoms with Crippen molar-refractivity contribution < 1.29 is 5.11 Å². The molecule has 0 aromatic carbocycles. The number of rotatable bonds is 3. The van der Waals surface area contributed by atoms with E-state index in [9.17, 15) is 5.11 Å². The van der Waals surface area contributed by atoms with Crippen molar-refractivity contribution in [2.75, 3.05) is 18.0 Å². The van der Waals surface area contributed by atoms with Crippen molar-refractivity contribution >= 4 is 27.8 Å². The molecule has 1 fully saturated rings. The smallest absolute Gasteiger partial charge is 0.139 e. The lowest BCUT2D eigenvalue weighted by Gasteiger charge is -2.29. The quantitative estimate of drug-likeness (QED) is 0.410. The van der Waals surface area contributed by atoms with Crippen LogP contribution in [0.25, 0.3) is 44.7 Å². The summed E-state index contributed by atoms with van der Waals surface area (Å²) in [5.74, 6) is 0.110. The second kappa shape index (κ2) is 7.09. The van der Waals surface area contributed by atoms with Crippen LogP contribution < -0.4 is 4.90 Å². The van der Waals surface area contributed by atoms with Crippen molar-refractivity contribution in [3.63, 3.8) is 0 Å². The lowest BCUT2D eigenvalue weighted by Crippen LogP contribution is -2.29. The average Bonchev–Trinajstić information content (AvgIpc) is 3.43. The molecule has 0 unspecified atom stereocenters. The van der Waals surface area contributed by atoms with Crippen molar-refractivity contribution in [3.8, 4) is 28.4 Å². The minimum absolute atomic E-state index is 0.110. The molecule has 0 spiro atoms. The van der Waals surface area contributed by atoms with Gasteiger partial charge in [-0.15, -0.1) is 0 Å². The Morgan fingerprint density at radius 2 is 1.90 bits per heavy atom. The monoisotopic (exact) mass is 411 g/mol. The number of aromatic hydroxyl groups is 1. The molecular weight excluding hydrogens is 390 g/mol. The number of aromatic nitrogens is 6. The van der Waals surface area contributed by atoms with Gasteiger partial charge in [0, 0.05) is 42.1 Å². The standard InChI is InChI=1S/C23H21N7O/c31-15-10-14(12-24-13-15)17-4-5-18-21(26-17)22(29-28-18)19-11-16-20(6-7-25-23(16)27-19)30-8-2-1-3-9-30/h4-7,10-13,31H,1-3,8-9H2,(H,25,27)(H,28,29). The number of hydrogen-bond donors (Lipinski definition) is 3. The van der Waals surface area contributed by atoms with Gasteiger partial charge >= 0.3 is 0 Å². The van der Waals surface area contributed by atoms with Gasteiger partial charge in [0.1, 0.15) is 22.6 Å². The molecule has 1 aliphatic heterocycles. The minimum atomic E-state index is 0.110. The van der Waals surface area contributed by atoms with Crippen LogP contribution in [0.15, 0.2) is 48.9 Å². The molecule has 0 aliphatic carbocycles. The van der Waals surface area contributed by atoms with Gasteiger partial charge in [-0.3, -0.25) is 10.1 Å². The highest BCUT2D eigenvalue weighted by Crippen LogP contribution is 2.33. The number of pyridine rings is 3. The third-order valence-electron chi connectivity index (χ3n) is 5.89. The average molecular weight is 411 g/mol. The molecule has 6 rings (SSSR count). The maximum Gasteiger partial charge on any atom is 0.139 e. The van der Waals surface area contributed by atoms with E-state index in [-0.39, 0.29) is 5.75 Å². The Morgan fingerprint density at radius 1 is 1.00 bits per heavy atom. The summed E-state index contributed by atoms with van der Waals surface area (Å²) in [5, 5.41) is 18.5.